The minimum absolute atomic E-state index is 0.0917. The first kappa shape index (κ1) is 16.5. The standard InChI is InChI=1S/C18H22FN3O2/c1-24-16-8-6-13(12-15(16)19)7-9-18(23)21-17-10-11-20-22(17)14-4-2-3-5-14/h6,8,10-12,14H,2-5,7,9H2,1H3,(H,21,23). The van der Waals surface area contributed by atoms with Crippen LogP contribution < -0.4 is 10.1 Å². The second-order valence-electron chi connectivity index (χ2n) is 6.12. The van der Waals surface area contributed by atoms with Crippen molar-refractivity contribution in [1.82, 2.24) is 9.78 Å². The lowest BCUT2D eigenvalue weighted by Gasteiger charge is -2.14. The van der Waals surface area contributed by atoms with Crippen LogP contribution in [0.2, 0.25) is 0 Å². The predicted octanol–water partition coefficient (Wildman–Crippen LogP) is 3.72. The van der Waals surface area contributed by atoms with Crippen molar-refractivity contribution < 1.29 is 13.9 Å². The van der Waals surface area contributed by atoms with E-state index in [2.05, 4.69) is 10.4 Å². The van der Waals surface area contributed by atoms with E-state index in [1.165, 1.54) is 26.0 Å². The molecule has 3 rings (SSSR count). The number of hydrogen-bond acceptors (Lipinski definition) is 3. The molecule has 2 aromatic rings. The summed E-state index contributed by atoms with van der Waals surface area (Å²) in [6.45, 7) is 0. The third-order valence-electron chi connectivity index (χ3n) is 4.47. The predicted molar refractivity (Wildman–Crippen MR) is 89.6 cm³/mol. The van der Waals surface area contributed by atoms with Crippen molar-refractivity contribution >= 4 is 11.7 Å². The van der Waals surface area contributed by atoms with Gasteiger partial charge in [0, 0.05) is 12.5 Å². The van der Waals surface area contributed by atoms with Crippen LogP contribution in [0.25, 0.3) is 0 Å². The molecular formula is C18H22FN3O2. The Labute approximate surface area is 140 Å². The van der Waals surface area contributed by atoms with Gasteiger partial charge in [0.05, 0.1) is 19.3 Å². The maximum Gasteiger partial charge on any atom is 0.225 e. The lowest BCUT2D eigenvalue weighted by atomic mass is 10.1. The highest BCUT2D eigenvalue weighted by Crippen LogP contribution is 2.31. The molecule has 1 saturated carbocycles. The number of benzene rings is 1. The molecule has 0 atom stereocenters. The number of nitrogens with zero attached hydrogens (tertiary/aromatic N) is 2. The lowest BCUT2D eigenvalue weighted by molar-refractivity contribution is -0.116. The normalized spacial score (nSPS) is 14.8. The molecule has 1 fully saturated rings. The van der Waals surface area contributed by atoms with Crippen molar-refractivity contribution in [3.63, 3.8) is 0 Å². The summed E-state index contributed by atoms with van der Waals surface area (Å²) in [6, 6.07) is 6.97. The quantitative estimate of drug-likeness (QED) is 0.878. The van der Waals surface area contributed by atoms with Gasteiger partial charge in [0.2, 0.25) is 5.91 Å². The molecule has 5 nitrogen and oxygen atoms in total. The number of aryl methyl sites for hydroxylation is 1. The van der Waals surface area contributed by atoms with Gasteiger partial charge in [0.25, 0.3) is 0 Å². The maximum absolute atomic E-state index is 13.7. The summed E-state index contributed by atoms with van der Waals surface area (Å²) in [6.07, 6.45) is 7.12. The molecule has 1 aromatic carbocycles. The molecule has 0 spiro atoms. The van der Waals surface area contributed by atoms with Crippen LogP contribution >= 0.6 is 0 Å². The Kier molecular flexibility index (Phi) is 5.13. The zero-order valence-corrected chi connectivity index (χ0v) is 13.8. The van der Waals surface area contributed by atoms with Crippen LogP contribution in [0, 0.1) is 5.82 Å². The molecule has 0 saturated heterocycles. The van der Waals surface area contributed by atoms with E-state index in [1.807, 2.05) is 10.7 Å². The molecule has 128 valence electrons. The number of aromatic nitrogens is 2. The van der Waals surface area contributed by atoms with E-state index in [-0.39, 0.29) is 11.7 Å². The number of anilines is 1. The number of amides is 1. The molecule has 0 aliphatic heterocycles. The maximum atomic E-state index is 13.7. The van der Waals surface area contributed by atoms with Gasteiger partial charge < -0.3 is 10.1 Å². The molecule has 24 heavy (non-hydrogen) atoms. The number of carbonyl (C=O) groups excluding carboxylic acids is 1. The zero-order valence-electron chi connectivity index (χ0n) is 13.8. The third kappa shape index (κ3) is 3.75. The van der Waals surface area contributed by atoms with E-state index in [9.17, 15) is 9.18 Å². The van der Waals surface area contributed by atoms with Crippen molar-refractivity contribution in [2.45, 2.75) is 44.6 Å². The molecule has 6 heteroatoms. The summed E-state index contributed by atoms with van der Waals surface area (Å²) >= 11 is 0. The Morgan fingerprint density at radius 1 is 1.38 bits per heavy atom. The minimum Gasteiger partial charge on any atom is -0.494 e. The lowest BCUT2D eigenvalue weighted by Crippen LogP contribution is -2.18. The van der Waals surface area contributed by atoms with E-state index in [0.29, 0.717) is 18.9 Å². The molecule has 0 unspecified atom stereocenters. The highest BCUT2D eigenvalue weighted by atomic mass is 19.1. The van der Waals surface area contributed by atoms with Crippen LogP contribution in [-0.2, 0) is 11.2 Å². The molecule has 0 bridgehead atoms. The summed E-state index contributed by atoms with van der Waals surface area (Å²) in [7, 11) is 1.43. The first-order valence-corrected chi connectivity index (χ1v) is 8.33. The number of methoxy groups -OCH3 is 1. The Morgan fingerprint density at radius 3 is 2.88 bits per heavy atom. The Morgan fingerprint density at radius 2 is 2.17 bits per heavy atom. The van der Waals surface area contributed by atoms with Gasteiger partial charge in [-0.15, -0.1) is 0 Å². The van der Waals surface area contributed by atoms with Crippen molar-refractivity contribution in [2.75, 3.05) is 12.4 Å². The fourth-order valence-corrected chi connectivity index (χ4v) is 3.18. The number of nitrogens with one attached hydrogen (secondary N) is 1. The highest BCUT2D eigenvalue weighted by Gasteiger charge is 2.20. The van der Waals surface area contributed by atoms with Crippen LogP contribution in [0.1, 0.15) is 43.7 Å². The molecule has 1 aliphatic carbocycles. The van der Waals surface area contributed by atoms with Crippen LogP contribution in [0.5, 0.6) is 5.75 Å². The number of ether oxygens (including phenoxy) is 1. The van der Waals surface area contributed by atoms with Gasteiger partial charge in [-0.3, -0.25) is 4.79 Å². The SMILES string of the molecule is COc1ccc(CCC(=O)Nc2ccnn2C2CCCC2)cc1F. The zero-order chi connectivity index (χ0) is 16.9. The Hall–Kier alpha value is -2.37. The highest BCUT2D eigenvalue weighted by molar-refractivity contribution is 5.89. The Bertz CT molecular complexity index is 708. The van der Waals surface area contributed by atoms with Gasteiger partial charge in [0.15, 0.2) is 11.6 Å². The number of rotatable bonds is 6. The molecule has 1 amide bonds. The summed E-state index contributed by atoms with van der Waals surface area (Å²) in [5.74, 6) is 0.456. The van der Waals surface area contributed by atoms with Gasteiger partial charge in [-0.2, -0.15) is 5.10 Å². The summed E-state index contributed by atoms with van der Waals surface area (Å²) < 4.78 is 20.5. The average molecular weight is 331 g/mol. The fraction of sp³-hybridized carbons (Fsp3) is 0.444. The van der Waals surface area contributed by atoms with Gasteiger partial charge in [0.1, 0.15) is 5.82 Å². The van der Waals surface area contributed by atoms with E-state index < -0.39 is 5.82 Å². The molecule has 1 heterocycles. The van der Waals surface area contributed by atoms with Crippen molar-refractivity contribution in [2.24, 2.45) is 0 Å². The molecule has 1 aliphatic rings. The van der Waals surface area contributed by atoms with Crippen molar-refractivity contribution in [3.05, 3.63) is 41.8 Å². The minimum atomic E-state index is -0.408. The fourth-order valence-electron chi connectivity index (χ4n) is 3.18. The first-order chi connectivity index (χ1) is 11.7. The van der Waals surface area contributed by atoms with Gasteiger partial charge >= 0.3 is 0 Å². The topological polar surface area (TPSA) is 56.1 Å². The van der Waals surface area contributed by atoms with E-state index in [0.717, 1.165) is 24.2 Å². The smallest absolute Gasteiger partial charge is 0.225 e. The van der Waals surface area contributed by atoms with Crippen molar-refractivity contribution in [3.8, 4) is 5.75 Å². The van der Waals surface area contributed by atoms with Gasteiger partial charge in [-0.05, 0) is 37.0 Å². The third-order valence-corrected chi connectivity index (χ3v) is 4.47. The summed E-state index contributed by atoms with van der Waals surface area (Å²) in [5.41, 5.74) is 0.771. The molecule has 1 aromatic heterocycles. The van der Waals surface area contributed by atoms with Crippen LogP contribution in [0.15, 0.2) is 30.5 Å². The van der Waals surface area contributed by atoms with E-state index >= 15 is 0 Å². The molecular weight excluding hydrogens is 309 g/mol. The summed E-state index contributed by atoms with van der Waals surface area (Å²) in [4.78, 5) is 12.2. The van der Waals surface area contributed by atoms with Crippen LogP contribution in [-0.4, -0.2) is 22.8 Å². The number of halogens is 1. The van der Waals surface area contributed by atoms with E-state index in [1.54, 1.807) is 18.3 Å². The first-order valence-electron chi connectivity index (χ1n) is 8.33. The monoisotopic (exact) mass is 331 g/mol. The van der Waals surface area contributed by atoms with Gasteiger partial charge in [-0.1, -0.05) is 18.9 Å². The van der Waals surface area contributed by atoms with Crippen molar-refractivity contribution in [1.29, 1.82) is 0 Å². The second-order valence-corrected chi connectivity index (χ2v) is 6.12. The van der Waals surface area contributed by atoms with E-state index in [4.69, 9.17) is 4.74 Å². The average Bonchev–Trinajstić information content (AvgIpc) is 3.24. The van der Waals surface area contributed by atoms with Gasteiger partial charge in [-0.25, -0.2) is 9.07 Å². The molecule has 0 radical (unpaired) electrons. The number of carbonyl (C=O) groups is 1. The van der Waals surface area contributed by atoms with Crippen LogP contribution in [0.4, 0.5) is 10.2 Å². The second kappa shape index (κ2) is 7.47. The summed E-state index contributed by atoms with van der Waals surface area (Å²) in [5, 5.41) is 7.26. The largest absolute Gasteiger partial charge is 0.494 e. The van der Waals surface area contributed by atoms with Crippen LogP contribution in [0.3, 0.4) is 0 Å². The molecule has 1 N–H and O–H groups in total. The Balaban J connectivity index is 1.56. The number of hydrogen-bond donors (Lipinski definition) is 1.